The Hall–Kier alpha value is -1.14. The fraction of sp³-hybridized carbons (Fsp3) is 0.615. The first-order valence-electron chi connectivity index (χ1n) is 6.12. The number of rotatable bonds is 6. The number of hydrogen-bond acceptors (Lipinski definition) is 5. The Bertz CT molecular complexity index is 509. The van der Waals surface area contributed by atoms with Crippen molar-refractivity contribution in [1.29, 1.82) is 0 Å². The first kappa shape index (κ1) is 15.9. The molecule has 0 saturated carbocycles. The molecule has 0 fully saturated rings. The summed E-state index contributed by atoms with van der Waals surface area (Å²) in [5.74, 6) is 0. The van der Waals surface area contributed by atoms with Gasteiger partial charge in [-0.25, -0.2) is 13.4 Å². The lowest BCUT2D eigenvalue weighted by Gasteiger charge is -2.27. The predicted molar refractivity (Wildman–Crippen MR) is 76.1 cm³/mol. The second-order valence-corrected chi connectivity index (χ2v) is 7.33. The Labute approximate surface area is 115 Å². The summed E-state index contributed by atoms with van der Waals surface area (Å²) in [4.78, 5) is 3.94. The van der Waals surface area contributed by atoms with E-state index in [1.54, 1.807) is 13.2 Å². The van der Waals surface area contributed by atoms with Crippen molar-refractivity contribution >= 4 is 15.5 Å². The van der Waals surface area contributed by atoms with Gasteiger partial charge in [-0.1, -0.05) is 0 Å². The zero-order chi connectivity index (χ0) is 14.7. The van der Waals surface area contributed by atoms with Crippen LogP contribution in [0.1, 0.15) is 27.2 Å². The van der Waals surface area contributed by atoms with E-state index < -0.39 is 9.84 Å². The van der Waals surface area contributed by atoms with E-state index in [-0.39, 0.29) is 16.7 Å². The van der Waals surface area contributed by atoms with Crippen LogP contribution >= 0.6 is 0 Å². The summed E-state index contributed by atoms with van der Waals surface area (Å²) in [5.41, 5.74) is 0.596. The summed E-state index contributed by atoms with van der Waals surface area (Å²) in [6.07, 6.45) is 3.51. The van der Waals surface area contributed by atoms with Crippen LogP contribution in [0, 0.1) is 0 Å². The molecule has 1 aromatic rings. The van der Waals surface area contributed by atoms with Gasteiger partial charge in [-0.3, -0.25) is 0 Å². The average molecular weight is 286 g/mol. The number of pyridine rings is 1. The lowest BCUT2D eigenvalue weighted by molar-refractivity contribution is 0.0128. The van der Waals surface area contributed by atoms with Gasteiger partial charge in [0.2, 0.25) is 0 Å². The lowest BCUT2D eigenvalue weighted by Crippen LogP contribution is -2.31. The van der Waals surface area contributed by atoms with Crippen LogP contribution in [0.15, 0.2) is 23.4 Å². The maximum absolute atomic E-state index is 11.3. The van der Waals surface area contributed by atoms with E-state index in [4.69, 9.17) is 4.74 Å². The summed E-state index contributed by atoms with van der Waals surface area (Å²) in [6.45, 7) is 6.09. The van der Waals surface area contributed by atoms with Crippen LogP contribution in [0.5, 0.6) is 0 Å². The Morgan fingerprint density at radius 3 is 2.47 bits per heavy atom. The van der Waals surface area contributed by atoms with E-state index in [1.807, 2.05) is 20.8 Å². The molecule has 19 heavy (non-hydrogen) atoms. The van der Waals surface area contributed by atoms with Gasteiger partial charge in [0.15, 0.2) is 14.9 Å². The van der Waals surface area contributed by atoms with Gasteiger partial charge in [-0.2, -0.15) is 0 Å². The summed E-state index contributed by atoms with van der Waals surface area (Å²) in [7, 11) is -1.55. The van der Waals surface area contributed by atoms with Gasteiger partial charge >= 0.3 is 0 Å². The highest BCUT2D eigenvalue weighted by Crippen LogP contribution is 2.18. The van der Waals surface area contributed by atoms with Crippen LogP contribution in [0.3, 0.4) is 0 Å². The molecule has 0 radical (unpaired) electrons. The minimum absolute atomic E-state index is 0.0860. The molecule has 0 aliphatic rings. The largest absolute Gasteiger partial charge is 0.381 e. The van der Waals surface area contributed by atoms with Crippen molar-refractivity contribution in [2.45, 2.75) is 43.9 Å². The maximum atomic E-state index is 11.3. The van der Waals surface area contributed by atoms with Crippen LogP contribution < -0.4 is 5.32 Å². The Kier molecular flexibility index (Phi) is 4.92. The van der Waals surface area contributed by atoms with Crippen molar-refractivity contribution in [2.24, 2.45) is 0 Å². The maximum Gasteiger partial charge on any atom is 0.192 e. The molecule has 1 rings (SSSR count). The fourth-order valence-electron chi connectivity index (χ4n) is 1.84. The first-order chi connectivity index (χ1) is 8.64. The second kappa shape index (κ2) is 5.88. The molecule has 1 heterocycles. The molecular formula is C13H22N2O3S. The SMILES string of the molecule is COC(C)(C)CC(C)Nc1ccc(S(C)(=O)=O)nc1. The molecule has 0 aliphatic carbocycles. The number of ether oxygens (including phenoxy) is 1. The Balaban J connectivity index is 2.68. The standard InChI is InChI=1S/C13H22N2O3S/c1-10(8-13(2,3)18-4)15-11-6-7-12(14-9-11)19(5,16)17/h6-7,9-10,15H,8H2,1-5H3. The van der Waals surface area contributed by atoms with Gasteiger partial charge in [0, 0.05) is 19.4 Å². The van der Waals surface area contributed by atoms with Gasteiger partial charge in [0.25, 0.3) is 0 Å². The number of methoxy groups -OCH3 is 1. The van der Waals surface area contributed by atoms with Crippen LogP contribution in [0.4, 0.5) is 5.69 Å². The molecule has 0 saturated heterocycles. The van der Waals surface area contributed by atoms with E-state index in [1.165, 1.54) is 12.3 Å². The smallest absolute Gasteiger partial charge is 0.192 e. The average Bonchev–Trinajstić information content (AvgIpc) is 2.27. The van der Waals surface area contributed by atoms with Gasteiger partial charge in [0.05, 0.1) is 17.5 Å². The molecule has 6 heteroatoms. The number of sulfone groups is 1. The molecule has 0 bridgehead atoms. The van der Waals surface area contributed by atoms with Crippen LogP contribution in [-0.4, -0.2) is 38.4 Å². The van der Waals surface area contributed by atoms with Crippen molar-refractivity contribution in [1.82, 2.24) is 4.98 Å². The molecular weight excluding hydrogens is 264 g/mol. The lowest BCUT2D eigenvalue weighted by atomic mass is 10.00. The van der Waals surface area contributed by atoms with Crippen molar-refractivity contribution in [2.75, 3.05) is 18.7 Å². The van der Waals surface area contributed by atoms with E-state index >= 15 is 0 Å². The molecule has 0 aliphatic heterocycles. The van der Waals surface area contributed by atoms with Gasteiger partial charge in [-0.15, -0.1) is 0 Å². The van der Waals surface area contributed by atoms with Gasteiger partial charge < -0.3 is 10.1 Å². The van der Waals surface area contributed by atoms with Crippen molar-refractivity contribution in [3.05, 3.63) is 18.3 Å². The third-order valence-electron chi connectivity index (χ3n) is 2.88. The zero-order valence-electron chi connectivity index (χ0n) is 12.1. The van der Waals surface area contributed by atoms with Crippen LogP contribution in [0.25, 0.3) is 0 Å². The number of anilines is 1. The Morgan fingerprint density at radius 2 is 2.05 bits per heavy atom. The zero-order valence-corrected chi connectivity index (χ0v) is 12.9. The molecule has 0 spiro atoms. The Morgan fingerprint density at radius 1 is 1.42 bits per heavy atom. The highest BCUT2D eigenvalue weighted by Gasteiger charge is 2.20. The second-order valence-electron chi connectivity index (χ2n) is 5.37. The predicted octanol–water partition coefficient (Wildman–Crippen LogP) is 2.10. The number of aromatic nitrogens is 1. The van der Waals surface area contributed by atoms with Gasteiger partial charge in [0.1, 0.15) is 0 Å². The summed E-state index contributed by atoms with van der Waals surface area (Å²) in [5, 5.41) is 3.36. The third-order valence-corrected chi connectivity index (χ3v) is 3.88. The topological polar surface area (TPSA) is 68.3 Å². The highest BCUT2D eigenvalue weighted by atomic mass is 32.2. The summed E-state index contributed by atoms with van der Waals surface area (Å²) < 4.78 is 28.0. The molecule has 1 unspecified atom stereocenters. The van der Waals surface area contributed by atoms with E-state index in [0.717, 1.165) is 18.4 Å². The van der Waals surface area contributed by atoms with E-state index in [0.29, 0.717) is 0 Å². The number of hydrogen-bond donors (Lipinski definition) is 1. The molecule has 1 atom stereocenters. The van der Waals surface area contributed by atoms with Gasteiger partial charge in [-0.05, 0) is 39.3 Å². The molecule has 0 amide bonds. The quantitative estimate of drug-likeness (QED) is 0.867. The minimum atomic E-state index is -3.24. The normalized spacial score (nSPS) is 14.2. The highest BCUT2D eigenvalue weighted by molar-refractivity contribution is 7.90. The van der Waals surface area contributed by atoms with E-state index in [2.05, 4.69) is 10.3 Å². The third kappa shape index (κ3) is 5.16. The van der Waals surface area contributed by atoms with Crippen molar-refractivity contribution in [3.63, 3.8) is 0 Å². The summed E-state index contributed by atoms with van der Waals surface area (Å²) in [6, 6.07) is 3.42. The molecule has 0 aromatic carbocycles. The molecule has 5 nitrogen and oxygen atoms in total. The summed E-state index contributed by atoms with van der Waals surface area (Å²) >= 11 is 0. The van der Waals surface area contributed by atoms with E-state index in [9.17, 15) is 8.42 Å². The van der Waals surface area contributed by atoms with Crippen molar-refractivity contribution < 1.29 is 13.2 Å². The fourth-order valence-corrected chi connectivity index (χ4v) is 2.40. The number of nitrogens with zero attached hydrogens (tertiary/aromatic N) is 1. The number of nitrogens with one attached hydrogen (secondary N) is 1. The molecule has 108 valence electrons. The van der Waals surface area contributed by atoms with Crippen LogP contribution in [0.2, 0.25) is 0 Å². The monoisotopic (exact) mass is 286 g/mol. The first-order valence-corrected chi connectivity index (χ1v) is 8.01. The van der Waals surface area contributed by atoms with Crippen LogP contribution in [-0.2, 0) is 14.6 Å². The molecule has 1 N–H and O–H groups in total. The minimum Gasteiger partial charge on any atom is -0.381 e. The molecule has 1 aromatic heterocycles. The van der Waals surface area contributed by atoms with Crippen molar-refractivity contribution in [3.8, 4) is 0 Å².